The summed E-state index contributed by atoms with van der Waals surface area (Å²) in [6, 6.07) is 26.9. The molecular formula is C22H20O2. The van der Waals surface area contributed by atoms with Gasteiger partial charge in [0.05, 0.1) is 0 Å². The Hall–Kier alpha value is -2.87. The molecule has 0 radical (unpaired) electrons. The predicted octanol–water partition coefficient (Wildman–Crippen LogP) is 5.43. The average molecular weight is 316 g/mol. The molecule has 2 nitrogen and oxygen atoms in total. The lowest BCUT2D eigenvalue weighted by Gasteiger charge is -2.23. The van der Waals surface area contributed by atoms with Gasteiger partial charge in [0.25, 0.3) is 6.47 Å². The fourth-order valence-electron chi connectivity index (χ4n) is 2.84. The van der Waals surface area contributed by atoms with Gasteiger partial charge in [0.2, 0.25) is 0 Å². The number of benzene rings is 3. The first kappa shape index (κ1) is 16.0. The molecule has 0 amide bonds. The van der Waals surface area contributed by atoms with Gasteiger partial charge in [-0.1, -0.05) is 78.9 Å². The van der Waals surface area contributed by atoms with Crippen molar-refractivity contribution < 1.29 is 9.53 Å². The molecule has 24 heavy (non-hydrogen) atoms. The van der Waals surface area contributed by atoms with Gasteiger partial charge < -0.3 is 4.74 Å². The number of hydrogen-bond donors (Lipinski definition) is 0. The van der Waals surface area contributed by atoms with Crippen molar-refractivity contribution in [2.24, 2.45) is 0 Å². The summed E-state index contributed by atoms with van der Waals surface area (Å²) in [5.41, 5.74) is 5.07. The van der Waals surface area contributed by atoms with E-state index in [1.807, 2.05) is 32.0 Å². The highest BCUT2D eigenvalue weighted by molar-refractivity contribution is 5.83. The van der Waals surface area contributed by atoms with E-state index in [-0.39, 0.29) is 0 Å². The van der Waals surface area contributed by atoms with Crippen LogP contribution in [0.4, 0.5) is 0 Å². The van der Waals surface area contributed by atoms with Crippen LogP contribution in [0, 0.1) is 0 Å². The summed E-state index contributed by atoms with van der Waals surface area (Å²) in [6.07, 6.45) is 0. The largest absolute Gasteiger partial charge is 0.457 e. The van der Waals surface area contributed by atoms with Gasteiger partial charge in [-0.3, -0.25) is 4.79 Å². The second kappa shape index (κ2) is 6.71. The van der Waals surface area contributed by atoms with Crippen LogP contribution in [0.1, 0.15) is 19.4 Å². The van der Waals surface area contributed by atoms with Crippen molar-refractivity contribution >= 4 is 6.47 Å². The standard InChI is InChI=1S/C22H20O2/c1-22(2,24-16-23)19-14-12-18(13-15-19)21-11-7-6-10-20(21)17-8-4-3-5-9-17/h3-16H,1-2H3. The molecule has 0 unspecified atom stereocenters. The van der Waals surface area contributed by atoms with Gasteiger partial charge >= 0.3 is 0 Å². The summed E-state index contributed by atoms with van der Waals surface area (Å²) in [5.74, 6) is 0. The third-order valence-corrected chi connectivity index (χ3v) is 4.25. The van der Waals surface area contributed by atoms with Crippen molar-refractivity contribution in [3.8, 4) is 22.3 Å². The van der Waals surface area contributed by atoms with Crippen molar-refractivity contribution in [2.45, 2.75) is 19.4 Å². The van der Waals surface area contributed by atoms with E-state index in [9.17, 15) is 4.79 Å². The summed E-state index contributed by atoms with van der Waals surface area (Å²) in [4.78, 5) is 10.7. The third kappa shape index (κ3) is 3.23. The number of ether oxygens (including phenoxy) is 1. The van der Waals surface area contributed by atoms with Crippen LogP contribution in [0.2, 0.25) is 0 Å². The van der Waals surface area contributed by atoms with E-state index in [0.29, 0.717) is 6.47 Å². The first-order valence-corrected chi connectivity index (χ1v) is 7.98. The first-order valence-electron chi connectivity index (χ1n) is 7.98. The Morgan fingerprint density at radius 2 is 1.21 bits per heavy atom. The van der Waals surface area contributed by atoms with E-state index < -0.39 is 5.60 Å². The Labute approximate surface area is 142 Å². The Morgan fingerprint density at radius 1 is 0.708 bits per heavy atom. The smallest absolute Gasteiger partial charge is 0.293 e. The van der Waals surface area contributed by atoms with Crippen LogP contribution in [-0.4, -0.2) is 6.47 Å². The molecule has 3 rings (SSSR count). The van der Waals surface area contributed by atoms with Crippen LogP contribution >= 0.6 is 0 Å². The first-order chi connectivity index (χ1) is 11.6. The fourth-order valence-corrected chi connectivity index (χ4v) is 2.84. The second-order valence-corrected chi connectivity index (χ2v) is 6.21. The predicted molar refractivity (Wildman–Crippen MR) is 97.5 cm³/mol. The molecule has 0 saturated carbocycles. The summed E-state index contributed by atoms with van der Waals surface area (Å²) in [6.45, 7) is 4.27. The van der Waals surface area contributed by atoms with Crippen molar-refractivity contribution in [3.05, 3.63) is 84.4 Å². The zero-order chi connectivity index (χ0) is 17.0. The molecular weight excluding hydrogens is 296 g/mol. The summed E-state index contributed by atoms with van der Waals surface area (Å²) in [5, 5.41) is 0. The molecule has 0 aliphatic heterocycles. The van der Waals surface area contributed by atoms with Crippen LogP contribution in [0.15, 0.2) is 78.9 Å². The monoisotopic (exact) mass is 316 g/mol. The molecule has 0 aliphatic carbocycles. The highest BCUT2D eigenvalue weighted by atomic mass is 16.5. The topological polar surface area (TPSA) is 26.3 Å². The molecule has 0 heterocycles. The van der Waals surface area contributed by atoms with Crippen LogP contribution in [0.5, 0.6) is 0 Å². The molecule has 120 valence electrons. The van der Waals surface area contributed by atoms with E-state index in [4.69, 9.17) is 4.74 Å². The van der Waals surface area contributed by atoms with Gasteiger partial charge in [0.15, 0.2) is 0 Å². The molecule has 0 bridgehead atoms. The van der Waals surface area contributed by atoms with Crippen molar-refractivity contribution in [1.82, 2.24) is 0 Å². The quantitative estimate of drug-likeness (QED) is 0.587. The van der Waals surface area contributed by atoms with Gasteiger partial charge in [-0.15, -0.1) is 0 Å². The maximum absolute atomic E-state index is 10.7. The van der Waals surface area contributed by atoms with E-state index in [1.54, 1.807) is 0 Å². The highest BCUT2D eigenvalue weighted by Gasteiger charge is 2.21. The molecule has 2 heteroatoms. The molecule has 3 aromatic rings. The molecule has 3 aromatic carbocycles. The van der Waals surface area contributed by atoms with Crippen molar-refractivity contribution in [1.29, 1.82) is 0 Å². The second-order valence-electron chi connectivity index (χ2n) is 6.21. The van der Waals surface area contributed by atoms with Gasteiger partial charge in [0, 0.05) is 0 Å². The molecule has 0 saturated heterocycles. The van der Waals surface area contributed by atoms with E-state index in [2.05, 4.69) is 60.7 Å². The van der Waals surface area contributed by atoms with Crippen molar-refractivity contribution in [3.63, 3.8) is 0 Å². The maximum atomic E-state index is 10.7. The summed E-state index contributed by atoms with van der Waals surface area (Å²) < 4.78 is 5.17. The zero-order valence-electron chi connectivity index (χ0n) is 13.9. The Morgan fingerprint density at radius 3 is 1.75 bits per heavy atom. The molecule has 0 atom stereocenters. The molecule has 0 aromatic heterocycles. The van der Waals surface area contributed by atoms with Crippen LogP contribution in [0.25, 0.3) is 22.3 Å². The van der Waals surface area contributed by atoms with Gasteiger partial charge in [0.1, 0.15) is 5.60 Å². The summed E-state index contributed by atoms with van der Waals surface area (Å²) in [7, 11) is 0. The van der Waals surface area contributed by atoms with E-state index in [1.165, 1.54) is 16.7 Å². The fraction of sp³-hybridized carbons (Fsp3) is 0.136. The lowest BCUT2D eigenvalue weighted by atomic mass is 9.92. The van der Waals surface area contributed by atoms with Gasteiger partial charge in [-0.2, -0.15) is 0 Å². The molecule has 0 fully saturated rings. The Kier molecular flexibility index (Phi) is 4.48. The number of carbonyl (C=O) groups is 1. The van der Waals surface area contributed by atoms with Crippen LogP contribution < -0.4 is 0 Å². The average Bonchev–Trinajstić information content (AvgIpc) is 2.62. The Balaban J connectivity index is 2.01. The maximum Gasteiger partial charge on any atom is 0.293 e. The molecule has 0 N–H and O–H groups in total. The Bertz CT molecular complexity index is 818. The highest BCUT2D eigenvalue weighted by Crippen LogP contribution is 2.33. The van der Waals surface area contributed by atoms with Crippen LogP contribution in [-0.2, 0) is 15.1 Å². The lowest BCUT2D eigenvalue weighted by Crippen LogP contribution is -2.20. The van der Waals surface area contributed by atoms with Crippen LogP contribution in [0.3, 0.4) is 0 Å². The zero-order valence-corrected chi connectivity index (χ0v) is 13.9. The number of hydrogen-bond acceptors (Lipinski definition) is 2. The normalized spacial score (nSPS) is 11.1. The van der Waals surface area contributed by atoms with Gasteiger partial charge in [-0.25, -0.2) is 0 Å². The van der Waals surface area contributed by atoms with Gasteiger partial charge in [-0.05, 0) is 41.7 Å². The van der Waals surface area contributed by atoms with Crippen molar-refractivity contribution in [2.75, 3.05) is 0 Å². The molecule has 0 spiro atoms. The number of rotatable bonds is 5. The third-order valence-electron chi connectivity index (χ3n) is 4.25. The van der Waals surface area contributed by atoms with E-state index >= 15 is 0 Å². The van der Waals surface area contributed by atoms with E-state index in [0.717, 1.165) is 11.1 Å². The number of carbonyl (C=O) groups excluding carboxylic acids is 1. The SMILES string of the molecule is CC(C)(OC=O)c1ccc(-c2ccccc2-c2ccccc2)cc1. The lowest BCUT2D eigenvalue weighted by molar-refractivity contribution is -0.141. The summed E-state index contributed by atoms with van der Waals surface area (Å²) >= 11 is 0. The minimum atomic E-state index is -0.626. The molecule has 0 aliphatic rings. The minimum absolute atomic E-state index is 0.499. The minimum Gasteiger partial charge on any atom is -0.457 e.